The molecule has 0 spiro atoms. The standard InChI is InChI=1S/C24H36N2O/c1-23-10-5-4-6-18(23)7-8-19-20(23)9-11-24(2)21(19)13-17(22(24)27)12-16-14-25-26(3)15-16/h12,14-15,18-22,27H,4-11,13H2,1-3H3/b17-12-/t18-,19+,20-,21-,22+,23+,24-/m1/s1. The Labute approximate surface area is 164 Å². The van der Waals surface area contributed by atoms with Crippen molar-refractivity contribution in [3.05, 3.63) is 23.5 Å². The van der Waals surface area contributed by atoms with Crippen molar-refractivity contribution in [2.24, 2.45) is 41.5 Å². The third kappa shape index (κ3) is 2.60. The zero-order valence-corrected chi connectivity index (χ0v) is 17.3. The summed E-state index contributed by atoms with van der Waals surface area (Å²) in [5, 5.41) is 15.6. The largest absolute Gasteiger partial charge is 0.388 e. The maximum Gasteiger partial charge on any atom is 0.0809 e. The molecule has 0 bridgehead atoms. The van der Waals surface area contributed by atoms with Crippen LogP contribution in [0.1, 0.15) is 77.2 Å². The van der Waals surface area contributed by atoms with E-state index in [9.17, 15) is 5.11 Å². The van der Waals surface area contributed by atoms with Gasteiger partial charge in [0.25, 0.3) is 0 Å². The quantitative estimate of drug-likeness (QED) is 0.739. The van der Waals surface area contributed by atoms with Crippen LogP contribution < -0.4 is 0 Å². The fraction of sp³-hybridized carbons (Fsp3) is 0.792. The Bertz CT molecular complexity index is 751. The average molecular weight is 369 g/mol. The van der Waals surface area contributed by atoms with Crippen molar-refractivity contribution in [1.29, 1.82) is 0 Å². The molecule has 1 heterocycles. The fourth-order valence-electron chi connectivity index (χ4n) is 8.02. The molecule has 4 aliphatic rings. The van der Waals surface area contributed by atoms with Crippen LogP contribution in [0.2, 0.25) is 0 Å². The lowest BCUT2D eigenvalue weighted by atomic mass is 9.45. The first-order chi connectivity index (χ1) is 12.9. The summed E-state index contributed by atoms with van der Waals surface area (Å²) >= 11 is 0. The van der Waals surface area contributed by atoms with Crippen LogP contribution in [0.3, 0.4) is 0 Å². The first-order valence-electron chi connectivity index (χ1n) is 11.3. The molecule has 4 fully saturated rings. The minimum atomic E-state index is -0.277. The topological polar surface area (TPSA) is 38.0 Å². The average Bonchev–Trinajstić information content (AvgIpc) is 3.16. The zero-order chi connectivity index (χ0) is 18.8. The molecule has 5 rings (SSSR count). The molecular weight excluding hydrogens is 332 g/mol. The first-order valence-corrected chi connectivity index (χ1v) is 11.3. The van der Waals surface area contributed by atoms with Gasteiger partial charge in [0.2, 0.25) is 0 Å². The molecule has 148 valence electrons. The van der Waals surface area contributed by atoms with E-state index in [0.29, 0.717) is 11.3 Å². The summed E-state index contributed by atoms with van der Waals surface area (Å²) in [5.74, 6) is 3.33. The van der Waals surface area contributed by atoms with Crippen LogP contribution in [0.25, 0.3) is 6.08 Å². The number of nitrogens with zero attached hydrogens (tertiary/aromatic N) is 2. The Morgan fingerprint density at radius 3 is 2.70 bits per heavy atom. The highest BCUT2D eigenvalue weighted by Gasteiger charge is 2.60. The van der Waals surface area contributed by atoms with Crippen molar-refractivity contribution in [1.82, 2.24) is 9.78 Å². The molecular formula is C24H36N2O. The second-order valence-corrected chi connectivity index (χ2v) is 10.7. The molecule has 1 aromatic rings. The van der Waals surface area contributed by atoms with Crippen molar-refractivity contribution < 1.29 is 5.11 Å². The number of aliphatic hydroxyl groups is 1. The number of aromatic nitrogens is 2. The summed E-state index contributed by atoms with van der Waals surface area (Å²) in [6, 6.07) is 0. The molecule has 27 heavy (non-hydrogen) atoms. The highest BCUT2D eigenvalue weighted by Crippen LogP contribution is 2.66. The Morgan fingerprint density at radius 2 is 1.93 bits per heavy atom. The lowest BCUT2D eigenvalue weighted by molar-refractivity contribution is -0.119. The van der Waals surface area contributed by atoms with Gasteiger partial charge in [-0.15, -0.1) is 0 Å². The number of fused-ring (bicyclic) bond motifs is 5. The number of hydrogen-bond acceptors (Lipinski definition) is 2. The third-order valence-corrected chi connectivity index (χ3v) is 9.53. The van der Waals surface area contributed by atoms with Gasteiger partial charge in [0.05, 0.1) is 12.3 Å². The number of rotatable bonds is 1. The summed E-state index contributed by atoms with van der Waals surface area (Å²) in [6.07, 6.45) is 18.2. The van der Waals surface area contributed by atoms with Crippen LogP contribution >= 0.6 is 0 Å². The molecule has 1 aromatic heterocycles. The normalized spacial score (nSPS) is 48.1. The van der Waals surface area contributed by atoms with E-state index >= 15 is 0 Å². The Hall–Kier alpha value is -1.09. The molecule has 0 radical (unpaired) electrons. The smallest absolute Gasteiger partial charge is 0.0809 e. The molecule has 0 aliphatic heterocycles. The predicted molar refractivity (Wildman–Crippen MR) is 109 cm³/mol. The fourth-order valence-corrected chi connectivity index (χ4v) is 8.02. The number of aryl methyl sites for hydroxylation is 1. The van der Waals surface area contributed by atoms with Crippen molar-refractivity contribution in [2.45, 2.75) is 77.7 Å². The van der Waals surface area contributed by atoms with E-state index in [1.54, 1.807) is 0 Å². The van der Waals surface area contributed by atoms with Gasteiger partial charge in [-0.25, -0.2) is 0 Å². The maximum atomic E-state index is 11.3. The second kappa shape index (κ2) is 6.20. The molecule has 0 amide bonds. The van der Waals surface area contributed by atoms with Gasteiger partial charge in [-0.05, 0) is 79.6 Å². The second-order valence-electron chi connectivity index (χ2n) is 10.7. The lowest BCUT2D eigenvalue weighted by Gasteiger charge is -2.60. The van der Waals surface area contributed by atoms with Crippen molar-refractivity contribution >= 4 is 6.08 Å². The van der Waals surface area contributed by atoms with Gasteiger partial charge < -0.3 is 5.11 Å². The Morgan fingerprint density at radius 1 is 1.07 bits per heavy atom. The minimum Gasteiger partial charge on any atom is -0.388 e. The molecule has 0 saturated heterocycles. The SMILES string of the molecule is Cn1cc(/C=C2/C[C@@H]3[C@H]4CC[C@H]5CCCC[C@]5(C)[C@@H]4CC[C@@]3(C)[C@H]2O)cn1. The zero-order valence-electron chi connectivity index (χ0n) is 17.3. The lowest BCUT2D eigenvalue weighted by Crippen LogP contribution is -2.53. The van der Waals surface area contributed by atoms with E-state index in [2.05, 4.69) is 31.2 Å². The summed E-state index contributed by atoms with van der Waals surface area (Å²) in [6.45, 7) is 5.02. The summed E-state index contributed by atoms with van der Waals surface area (Å²) in [7, 11) is 1.96. The van der Waals surface area contributed by atoms with Gasteiger partial charge in [-0.3, -0.25) is 4.68 Å². The van der Waals surface area contributed by atoms with E-state index < -0.39 is 0 Å². The number of hydrogen-bond donors (Lipinski definition) is 1. The van der Waals surface area contributed by atoms with Crippen molar-refractivity contribution in [3.63, 3.8) is 0 Å². The van der Waals surface area contributed by atoms with E-state index in [1.807, 2.05) is 17.9 Å². The first kappa shape index (κ1) is 18.0. The number of aliphatic hydroxyl groups excluding tert-OH is 1. The van der Waals surface area contributed by atoms with Crippen molar-refractivity contribution in [2.75, 3.05) is 0 Å². The molecule has 0 unspecified atom stereocenters. The van der Waals surface area contributed by atoms with Crippen LogP contribution in [0.15, 0.2) is 18.0 Å². The molecule has 3 nitrogen and oxygen atoms in total. The van der Waals surface area contributed by atoms with Gasteiger partial charge in [-0.2, -0.15) is 5.10 Å². The Kier molecular flexibility index (Phi) is 4.13. The molecule has 4 aliphatic carbocycles. The predicted octanol–water partition coefficient (Wildman–Crippen LogP) is 5.21. The van der Waals surface area contributed by atoms with Gasteiger partial charge in [0.15, 0.2) is 0 Å². The summed E-state index contributed by atoms with van der Waals surface area (Å²) in [5.41, 5.74) is 3.04. The molecule has 0 aromatic carbocycles. The van der Waals surface area contributed by atoms with Crippen LogP contribution in [-0.2, 0) is 7.05 Å². The van der Waals surface area contributed by atoms with E-state index in [4.69, 9.17) is 0 Å². The van der Waals surface area contributed by atoms with E-state index in [-0.39, 0.29) is 11.5 Å². The van der Waals surface area contributed by atoms with Gasteiger partial charge in [-0.1, -0.05) is 32.8 Å². The van der Waals surface area contributed by atoms with Crippen LogP contribution in [0.4, 0.5) is 0 Å². The summed E-state index contributed by atoms with van der Waals surface area (Å²) < 4.78 is 1.85. The molecule has 1 N–H and O–H groups in total. The minimum absolute atomic E-state index is 0.0765. The van der Waals surface area contributed by atoms with Crippen LogP contribution in [0.5, 0.6) is 0 Å². The molecule has 3 heteroatoms. The van der Waals surface area contributed by atoms with E-state index in [1.165, 1.54) is 56.9 Å². The monoisotopic (exact) mass is 368 g/mol. The van der Waals surface area contributed by atoms with Gasteiger partial charge >= 0.3 is 0 Å². The van der Waals surface area contributed by atoms with E-state index in [0.717, 1.165) is 29.7 Å². The summed E-state index contributed by atoms with van der Waals surface area (Å²) in [4.78, 5) is 0. The van der Waals surface area contributed by atoms with Crippen molar-refractivity contribution in [3.8, 4) is 0 Å². The van der Waals surface area contributed by atoms with Crippen LogP contribution in [0, 0.1) is 34.5 Å². The highest BCUT2D eigenvalue weighted by molar-refractivity contribution is 5.54. The van der Waals surface area contributed by atoms with Crippen LogP contribution in [-0.4, -0.2) is 21.0 Å². The maximum absolute atomic E-state index is 11.3. The van der Waals surface area contributed by atoms with Gasteiger partial charge in [0.1, 0.15) is 0 Å². The Balaban J connectivity index is 1.45. The highest BCUT2D eigenvalue weighted by atomic mass is 16.3. The van der Waals surface area contributed by atoms with Gasteiger partial charge in [0, 0.05) is 24.2 Å². The molecule has 7 atom stereocenters. The third-order valence-electron chi connectivity index (χ3n) is 9.53. The molecule has 4 saturated carbocycles.